The molecule has 49 heavy (non-hydrogen) atoms. The molecule has 0 aromatic heterocycles. The van der Waals surface area contributed by atoms with Gasteiger partial charge < -0.3 is 20.1 Å². The monoisotopic (exact) mass is 718 g/mol. The molecule has 0 aromatic rings. The Labute approximate surface area is 300 Å². The van der Waals surface area contributed by atoms with Crippen LogP contribution in [-0.4, -0.2) is 54.3 Å². The summed E-state index contributed by atoms with van der Waals surface area (Å²) in [6.07, 6.45) is 35.7. The van der Waals surface area contributed by atoms with Crippen molar-refractivity contribution in [2.24, 2.45) is 0 Å². The van der Waals surface area contributed by atoms with Crippen LogP contribution in [0.2, 0.25) is 0 Å². The second-order valence-corrected chi connectivity index (χ2v) is 15.1. The fourth-order valence-corrected chi connectivity index (χ4v) is 6.37. The van der Waals surface area contributed by atoms with Crippen LogP contribution in [0.5, 0.6) is 0 Å². The molecular weight excluding hydrogens is 641 g/mol. The number of esters is 1. The standard InChI is InChI=1S/C39H76NO8P/c1-3-5-7-9-11-13-15-16-17-18-19-20-21-22-23-25-27-29-31-38(42)40-33-34-47-49(44,45)48-36-37(41)35-46-39(43)32-30-28-26-24-14-12-10-8-6-4-2/h17-18,37,41H,3-16,19-36H2,1-2H3,(H,40,42)(H,44,45)/b18-17-. The molecule has 0 aliphatic carbocycles. The number of allylic oxidation sites excluding steroid dienone is 2. The van der Waals surface area contributed by atoms with E-state index in [4.69, 9.17) is 13.8 Å². The summed E-state index contributed by atoms with van der Waals surface area (Å²) < 4.78 is 26.8. The lowest BCUT2D eigenvalue weighted by Gasteiger charge is -2.15. The van der Waals surface area contributed by atoms with Crippen molar-refractivity contribution in [1.82, 2.24) is 5.32 Å². The van der Waals surface area contributed by atoms with Crippen LogP contribution in [0, 0.1) is 0 Å². The molecule has 0 aliphatic rings. The van der Waals surface area contributed by atoms with Crippen molar-refractivity contribution in [3.8, 4) is 0 Å². The summed E-state index contributed by atoms with van der Waals surface area (Å²) in [5, 5.41) is 12.6. The van der Waals surface area contributed by atoms with Crippen molar-refractivity contribution in [3.05, 3.63) is 12.2 Å². The number of phosphoric ester groups is 1. The molecule has 0 fully saturated rings. The molecule has 0 saturated carbocycles. The van der Waals surface area contributed by atoms with E-state index in [0.717, 1.165) is 38.5 Å². The smallest absolute Gasteiger partial charge is 0.463 e. The van der Waals surface area contributed by atoms with Crippen molar-refractivity contribution >= 4 is 19.7 Å². The number of carbonyl (C=O) groups excluding carboxylic acids is 2. The summed E-state index contributed by atoms with van der Waals surface area (Å²) in [5.41, 5.74) is 0. The van der Waals surface area contributed by atoms with Gasteiger partial charge in [0.15, 0.2) is 0 Å². The number of hydrogen-bond acceptors (Lipinski definition) is 7. The minimum Gasteiger partial charge on any atom is -0.463 e. The Hall–Kier alpha value is -1.25. The summed E-state index contributed by atoms with van der Waals surface area (Å²) in [7, 11) is -4.41. The third-order valence-electron chi connectivity index (χ3n) is 8.70. The van der Waals surface area contributed by atoms with E-state index in [2.05, 4.69) is 31.3 Å². The second kappa shape index (κ2) is 36.5. The highest BCUT2D eigenvalue weighted by Gasteiger charge is 2.23. The van der Waals surface area contributed by atoms with Gasteiger partial charge >= 0.3 is 13.8 Å². The Morgan fingerprint density at radius 1 is 0.612 bits per heavy atom. The fraction of sp³-hybridized carbons (Fsp3) is 0.897. The number of nitrogens with one attached hydrogen (secondary N) is 1. The van der Waals surface area contributed by atoms with Crippen molar-refractivity contribution in [3.63, 3.8) is 0 Å². The second-order valence-electron chi connectivity index (χ2n) is 13.6. The number of phosphoric acid groups is 1. The first-order valence-electron chi connectivity index (χ1n) is 20.2. The molecule has 0 bridgehead atoms. The van der Waals surface area contributed by atoms with Gasteiger partial charge in [-0.1, -0.05) is 154 Å². The fourth-order valence-electron chi connectivity index (χ4n) is 5.61. The molecule has 3 N–H and O–H groups in total. The predicted octanol–water partition coefficient (Wildman–Crippen LogP) is 10.7. The van der Waals surface area contributed by atoms with Gasteiger partial charge in [0.2, 0.25) is 5.91 Å². The Kier molecular flexibility index (Phi) is 35.6. The van der Waals surface area contributed by atoms with E-state index < -0.39 is 26.5 Å². The molecule has 0 radical (unpaired) electrons. The van der Waals surface area contributed by atoms with Gasteiger partial charge in [0.1, 0.15) is 12.7 Å². The molecule has 2 unspecified atom stereocenters. The number of hydrogen-bond donors (Lipinski definition) is 3. The van der Waals surface area contributed by atoms with E-state index in [1.54, 1.807) is 0 Å². The summed E-state index contributed by atoms with van der Waals surface area (Å²) in [6.45, 7) is 3.54. The first-order chi connectivity index (χ1) is 23.8. The van der Waals surface area contributed by atoms with E-state index in [-0.39, 0.29) is 32.1 Å². The molecule has 10 heteroatoms. The Bertz CT molecular complexity index is 825. The lowest BCUT2D eigenvalue weighted by molar-refractivity contribution is -0.147. The maximum absolute atomic E-state index is 12.0. The third-order valence-corrected chi connectivity index (χ3v) is 9.68. The molecule has 0 saturated heterocycles. The number of unbranched alkanes of at least 4 members (excludes halogenated alkanes) is 23. The molecule has 1 amide bonds. The number of amides is 1. The number of aliphatic hydroxyl groups excluding tert-OH is 1. The normalized spacial score (nSPS) is 13.5. The molecule has 0 aliphatic heterocycles. The largest absolute Gasteiger partial charge is 0.472 e. The maximum Gasteiger partial charge on any atom is 0.472 e. The zero-order valence-electron chi connectivity index (χ0n) is 31.7. The highest BCUT2D eigenvalue weighted by atomic mass is 31.2. The average Bonchev–Trinajstić information content (AvgIpc) is 3.08. The highest BCUT2D eigenvalue weighted by Crippen LogP contribution is 2.42. The van der Waals surface area contributed by atoms with E-state index in [0.29, 0.717) is 6.42 Å². The lowest BCUT2D eigenvalue weighted by Crippen LogP contribution is -2.27. The molecule has 290 valence electrons. The van der Waals surface area contributed by atoms with Gasteiger partial charge in [-0.05, 0) is 38.5 Å². The third kappa shape index (κ3) is 37.8. The van der Waals surface area contributed by atoms with Gasteiger partial charge in [0.25, 0.3) is 0 Å². The summed E-state index contributed by atoms with van der Waals surface area (Å²) >= 11 is 0. The van der Waals surface area contributed by atoms with Gasteiger partial charge in [-0.2, -0.15) is 0 Å². The van der Waals surface area contributed by atoms with E-state index in [1.807, 2.05) is 0 Å². The molecule has 0 rings (SSSR count). The number of rotatable bonds is 38. The zero-order valence-corrected chi connectivity index (χ0v) is 32.5. The van der Waals surface area contributed by atoms with Crippen LogP contribution in [0.4, 0.5) is 0 Å². The van der Waals surface area contributed by atoms with Gasteiger partial charge in [-0.25, -0.2) is 4.57 Å². The molecule has 2 atom stereocenters. The number of carbonyl (C=O) groups is 2. The lowest BCUT2D eigenvalue weighted by atomic mass is 10.1. The van der Waals surface area contributed by atoms with Crippen molar-refractivity contribution in [2.75, 3.05) is 26.4 Å². The van der Waals surface area contributed by atoms with E-state index in [9.17, 15) is 24.2 Å². The molecule has 0 spiro atoms. The molecular formula is C39H76NO8P. The van der Waals surface area contributed by atoms with Crippen molar-refractivity contribution in [1.29, 1.82) is 0 Å². The number of ether oxygens (including phenoxy) is 1. The summed E-state index contributed by atoms with van der Waals surface area (Å²) in [4.78, 5) is 33.7. The van der Waals surface area contributed by atoms with Crippen LogP contribution in [0.1, 0.15) is 194 Å². The SMILES string of the molecule is CCCCCCCCC/C=C\CCCCCCCCCC(=O)NCCOP(=O)(O)OCC(O)COC(=O)CCCCCCCCCCCC. The van der Waals surface area contributed by atoms with Crippen molar-refractivity contribution < 1.29 is 37.9 Å². The first kappa shape index (κ1) is 47.8. The van der Waals surface area contributed by atoms with E-state index >= 15 is 0 Å². The van der Waals surface area contributed by atoms with Crippen molar-refractivity contribution in [2.45, 2.75) is 200 Å². The van der Waals surface area contributed by atoms with Crippen LogP contribution in [0.15, 0.2) is 12.2 Å². The highest BCUT2D eigenvalue weighted by molar-refractivity contribution is 7.47. The van der Waals surface area contributed by atoms with Crippen LogP contribution >= 0.6 is 7.82 Å². The van der Waals surface area contributed by atoms with Crippen LogP contribution in [0.3, 0.4) is 0 Å². The van der Waals surface area contributed by atoms with Crippen LogP contribution in [0.25, 0.3) is 0 Å². The van der Waals surface area contributed by atoms with E-state index in [1.165, 1.54) is 128 Å². The average molecular weight is 718 g/mol. The summed E-state index contributed by atoms with van der Waals surface area (Å²) in [5.74, 6) is -0.517. The summed E-state index contributed by atoms with van der Waals surface area (Å²) in [6, 6.07) is 0. The molecule has 9 nitrogen and oxygen atoms in total. The van der Waals surface area contributed by atoms with Crippen LogP contribution in [-0.2, 0) is 27.9 Å². The van der Waals surface area contributed by atoms with Gasteiger partial charge in [-0.15, -0.1) is 0 Å². The maximum atomic E-state index is 12.0. The Morgan fingerprint density at radius 2 is 1.04 bits per heavy atom. The minimum absolute atomic E-state index is 0.0827. The topological polar surface area (TPSA) is 131 Å². The molecule has 0 aromatic carbocycles. The van der Waals surface area contributed by atoms with Gasteiger partial charge in [-0.3, -0.25) is 18.6 Å². The quantitative estimate of drug-likeness (QED) is 0.0249. The predicted molar refractivity (Wildman–Crippen MR) is 201 cm³/mol. The molecule has 0 heterocycles. The van der Waals surface area contributed by atoms with Gasteiger partial charge in [0, 0.05) is 19.4 Å². The van der Waals surface area contributed by atoms with Crippen LogP contribution < -0.4 is 5.32 Å². The number of aliphatic hydroxyl groups is 1. The first-order valence-corrected chi connectivity index (χ1v) is 21.7. The Balaban J connectivity index is 3.58. The Morgan fingerprint density at radius 3 is 1.53 bits per heavy atom. The zero-order chi connectivity index (χ0) is 36.1. The van der Waals surface area contributed by atoms with Gasteiger partial charge in [0.05, 0.1) is 13.2 Å². The minimum atomic E-state index is -4.41.